The van der Waals surface area contributed by atoms with Crippen molar-refractivity contribution in [1.82, 2.24) is 15.0 Å². The minimum Gasteiger partial charge on any atom is -0.466 e. The number of allylic oxidation sites excluding steroid dienone is 3. The molecular weight excluding hydrogens is 536 g/mol. The molecule has 0 aliphatic heterocycles. The molecule has 42 heavy (non-hydrogen) atoms. The molecule has 0 saturated heterocycles. The van der Waals surface area contributed by atoms with Crippen molar-refractivity contribution < 1.29 is 18.3 Å². The second-order valence-electron chi connectivity index (χ2n) is 9.28. The molecule has 3 aromatic rings. The van der Waals surface area contributed by atoms with E-state index >= 15 is 0 Å². The molecule has 1 unspecified atom stereocenters. The smallest absolute Gasteiger partial charge is 0.306 e. The van der Waals surface area contributed by atoms with Crippen LogP contribution in [0.4, 0.5) is 8.78 Å². The molecule has 1 aromatic carbocycles. The second kappa shape index (κ2) is 16.6. The highest BCUT2D eigenvalue weighted by Gasteiger charge is 2.28. The first kappa shape index (κ1) is 33.6. The first-order chi connectivity index (χ1) is 20.3. The van der Waals surface area contributed by atoms with Gasteiger partial charge in [0.1, 0.15) is 17.5 Å². The van der Waals surface area contributed by atoms with Crippen LogP contribution in [-0.4, -0.2) is 27.5 Å². The van der Waals surface area contributed by atoms with E-state index in [4.69, 9.17) is 21.2 Å². The number of benzene rings is 1. The van der Waals surface area contributed by atoms with E-state index in [0.29, 0.717) is 30.2 Å². The van der Waals surface area contributed by atoms with E-state index in [0.717, 1.165) is 29.7 Å². The standard InChI is InChI=1S/C29H31F2N5O2.C2H6.C2H2/c1-3-38-27(37)13-12-26-34-15-18(16-35-26)24-8-5-9-25(36-24)19-11-10-17(2)20(29(19)33)14-23(32)28-21(30)6-4-7-22(28)31;2*1-2/h4-9,14-17,19H,3,10-13,32-33H2,1-2H3;1-2H3;1-2H/b23-14-;;/t17-,19?;;/m0../s1. The van der Waals surface area contributed by atoms with E-state index in [1.165, 1.54) is 18.2 Å². The van der Waals surface area contributed by atoms with Gasteiger partial charge in [-0.2, -0.15) is 0 Å². The number of nitrogens with zero attached hydrogens (tertiary/aromatic N) is 3. The van der Waals surface area contributed by atoms with Crippen molar-refractivity contribution in [3.63, 3.8) is 0 Å². The largest absolute Gasteiger partial charge is 0.466 e. The average molecular weight is 576 g/mol. The maximum Gasteiger partial charge on any atom is 0.306 e. The molecule has 1 aliphatic rings. The fourth-order valence-electron chi connectivity index (χ4n) is 4.63. The van der Waals surface area contributed by atoms with Crippen molar-refractivity contribution >= 4 is 11.7 Å². The van der Waals surface area contributed by atoms with Gasteiger partial charge in [-0.05, 0) is 61.6 Å². The van der Waals surface area contributed by atoms with E-state index < -0.39 is 11.6 Å². The van der Waals surface area contributed by atoms with Crippen molar-refractivity contribution in [3.8, 4) is 24.1 Å². The van der Waals surface area contributed by atoms with Crippen molar-refractivity contribution in [2.24, 2.45) is 17.4 Å². The van der Waals surface area contributed by atoms with E-state index in [9.17, 15) is 13.6 Å². The van der Waals surface area contributed by atoms with Gasteiger partial charge in [0.25, 0.3) is 0 Å². The van der Waals surface area contributed by atoms with Crippen molar-refractivity contribution in [2.45, 2.75) is 59.3 Å². The third-order valence-electron chi connectivity index (χ3n) is 6.68. The molecule has 7 nitrogen and oxygen atoms in total. The van der Waals surface area contributed by atoms with Crippen molar-refractivity contribution in [3.05, 3.63) is 94.9 Å². The zero-order valence-corrected chi connectivity index (χ0v) is 24.6. The Morgan fingerprint density at radius 3 is 2.31 bits per heavy atom. The van der Waals surface area contributed by atoms with Crippen LogP contribution in [-0.2, 0) is 16.0 Å². The second-order valence-corrected chi connectivity index (χ2v) is 9.28. The number of carbonyl (C=O) groups excluding carboxylic acids is 1. The SMILES string of the molecule is C#C.CC.CCOC(=O)CCc1ncc(-c2cccc(C3CC[C@H](C)C(/C=C(\N)c4c(F)cccc4F)=C3N)n2)cn1. The summed E-state index contributed by atoms with van der Waals surface area (Å²) in [5, 5.41) is 0. The van der Waals surface area contributed by atoms with Crippen LogP contribution in [0.2, 0.25) is 0 Å². The zero-order chi connectivity index (χ0) is 31.2. The van der Waals surface area contributed by atoms with Gasteiger partial charge in [-0.1, -0.05) is 32.9 Å². The summed E-state index contributed by atoms with van der Waals surface area (Å²) >= 11 is 0. The molecule has 0 amide bonds. The number of hydrogen-bond donors (Lipinski definition) is 2. The Morgan fingerprint density at radius 2 is 1.69 bits per heavy atom. The van der Waals surface area contributed by atoms with Crippen LogP contribution in [0, 0.1) is 30.4 Å². The Morgan fingerprint density at radius 1 is 1.07 bits per heavy atom. The Balaban J connectivity index is 0.00000148. The van der Waals surface area contributed by atoms with E-state index in [1.54, 1.807) is 25.4 Å². The summed E-state index contributed by atoms with van der Waals surface area (Å²) < 4.78 is 33.5. The molecule has 1 aliphatic carbocycles. The summed E-state index contributed by atoms with van der Waals surface area (Å²) in [6, 6.07) is 9.33. The van der Waals surface area contributed by atoms with Gasteiger partial charge in [0.2, 0.25) is 0 Å². The molecular formula is C33H39F2N5O2. The number of aryl methyl sites for hydroxylation is 1. The van der Waals surface area contributed by atoms with E-state index in [-0.39, 0.29) is 35.5 Å². The van der Waals surface area contributed by atoms with E-state index in [1.807, 2.05) is 39.0 Å². The molecule has 2 aromatic heterocycles. The fraction of sp³-hybridized carbons (Fsp3) is 0.333. The summed E-state index contributed by atoms with van der Waals surface area (Å²) in [7, 11) is 0. The maximum absolute atomic E-state index is 14.3. The number of nitrogens with two attached hydrogens (primary N) is 2. The molecule has 2 heterocycles. The highest BCUT2D eigenvalue weighted by Crippen LogP contribution is 2.39. The first-order valence-corrected chi connectivity index (χ1v) is 14.0. The predicted molar refractivity (Wildman–Crippen MR) is 162 cm³/mol. The molecule has 0 spiro atoms. The number of rotatable bonds is 8. The van der Waals surface area contributed by atoms with Crippen LogP contribution in [0.25, 0.3) is 17.0 Å². The van der Waals surface area contributed by atoms with Gasteiger partial charge in [0.15, 0.2) is 0 Å². The molecule has 4 N–H and O–H groups in total. The number of esters is 1. The number of aromatic nitrogens is 3. The van der Waals surface area contributed by atoms with Gasteiger partial charge in [0, 0.05) is 41.7 Å². The summed E-state index contributed by atoms with van der Waals surface area (Å²) in [5.41, 5.74) is 16.0. The number of carbonyl (C=O) groups is 1. The van der Waals surface area contributed by atoms with Crippen molar-refractivity contribution in [1.29, 1.82) is 0 Å². The van der Waals surface area contributed by atoms with Crippen LogP contribution >= 0.6 is 0 Å². The fourth-order valence-corrected chi connectivity index (χ4v) is 4.63. The highest BCUT2D eigenvalue weighted by atomic mass is 19.1. The lowest BCUT2D eigenvalue weighted by molar-refractivity contribution is -0.143. The topological polar surface area (TPSA) is 117 Å². The van der Waals surface area contributed by atoms with Gasteiger partial charge in [-0.3, -0.25) is 9.78 Å². The minimum absolute atomic E-state index is 0.00652. The molecule has 0 fully saturated rings. The Hall–Kier alpha value is -4.58. The van der Waals surface area contributed by atoms with Gasteiger partial charge in [-0.25, -0.2) is 18.7 Å². The van der Waals surface area contributed by atoms with Crippen LogP contribution in [0.15, 0.2) is 66.1 Å². The molecule has 222 valence electrons. The first-order valence-electron chi connectivity index (χ1n) is 14.0. The molecule has 0 radical (unpaired) electrons. The monoisotopic (exact) mass is 575 g/mol. The van der Waals surface area contributed by atoms with Gasteiger partial charge >= 0.3 is 5.97 Å². The number of ether oxygens (including phenoxy) is 1. The van der Waals surface area contributed by atoms with Crippen LogP contribution < -0.4 is 11.5 Å². The molecule has 4 rings (SSSR count). The number of pyridine rings is 1. The van der Waals surface area contributed by atoms with Crippen LogP contribution in [0.3, 0.4) is 0 Å². The third-order valence-corrected chi connectivity index (χ3v) is 6.68. The number of terminal acetylenes is 1. The van der Waals surface area contributed by atoms with Gasteiger partial charge < -0.3 is 16.2 Å². The molecule has 2 atom stereocenters. The number of halogens is 2. The van der Waals surface area contributed by atoms with E-state index in [2.05, 4.69) is 22.8 Å². The van der Waals surface area contributed by atoms with Crippen LogP contribution in [0.5, 0.6) is 0 Å². The molecule has 0 bridgehead atoms. The third kappa shape index (κ3) is 8.46. The van der Waals surface area contributed by atoms with Crippen LogP contribution in [0.1, 0.15) is 70.0 Å². The lowest BCUT2D eigenvalue weighted by atomic mass is 9.78. The Labute approximate surface area is 247 Å². The average Bonchev–Trinajstić information content (AvgIpc) is 3.00. The molecule has 0 saturated carbocycles. The summed E-state index contributed by atoms with van der Waals surface area (Å²) in [4.78, 5) is 25.1. The van der Waals surface area contributed by atoms with Gasteiger partial charge in [0.05, 0.1) is 30.0 Å². The lowest BCUT2D eigenvalue weighted by Crippen LogP contribution is -2.23. The normalized spacial score (nSPS) is 16.4. The minimum atomic E-state index is -0.721. The summed E-state index contributed by atoms with van der Waals surface area (Å²) in [5.74, 6) is -1.29. The summed E-state index contributed by atoms with van der Waals surface area (Å²) in [6.45, 7) is 8.13. The predicted octanol–water partition coefficient (Wildman–Crippen LogP) is 6.31. The molecule has 9 heteroatoms. The number of hydrogen-bond acceptors (Lipinski definition) is 7. The Kier molecular flexibility index (Phi) is 13.3. The highest BCUT2D eigenvalue weighted by molar-refractivity contribution is 5.69. The zero-order valence-electron chi connectivity index (χ0n) is 24.6. The lowest BCUT2D eigenvalue weighted by Gasteiger charge is -2.29. The van der Waals surface area contributed by atoms with Crippen molar-refractivity contribution in [2.75, 3.05) is 6.61 Å². The maximum atomic E-state index is 14.3. The summed E-state index contributed by atoms with van der Waals surface area (Å²) in [6.07, 6.45) is 15.1. The quantitative estimate of drug-likeness (QED) is 0.239. The van der Waals surface area contributed by atoms with Gasteiger partial charge in [-0.15, -0.1) is 12.8 Å². The Bertz CT molecular complexity index is 1400.